The number of amides is 1. The van der Waals surface area contributed by atoms with Gasteiger partial charge in [-0.05, 0) is 24.7 Å². The van der Waals surface area contributed by atoms with Gasteiger partial charge >= 0.3 is 0 Å². The molecule has 1 saturated heterocycles. The molecule has 0 bridgehead atoms. The smallest absolute Gasteiger partial charge is 0.270 e. The van der Waals surface area contributed by atoms with Crippen LogP contribution in [0.5, 0.6) is 0 Å². The van der Waals surface area contributed by atoms with Gasteiger partial charge in [-0.3, -0.25) is 14.9 Å². The van der Waals surface area contributed by atoms with E-state index in [2.05, 4.69) is 10.6 Å². The predicted octanol–water partition coefficient (Wildman–Crippen LogP) is 2.65. The van der Waals surface area contributed by atoms with Crippen molar-refractivity contribution < 1.29 is 9.72 Å². The number of anilines is 1. The predicted molar refractivity (Wildman–Crippen MR) is 85.1 cm³/mol. The van der Waals surface area contributed by atoms with Crippen molar-refractivity contribution in [3.8, 4) is 0 Å². The van der Waals surface area contributed by atoms with Crippen molar-refractivity contribution in [2.24, 2.45) is 0 Å². The summed E-state index contributed by atoms with van der Waals surface area (Å²) < 4.78 is 0. The van der Waals surface area contributed by atoms with Gasteiger partial charge in [0.15, 0.2) is 0 Å². The molecule has 1 unspecified atom stereocenters. The number of non-ortho nitro benzene ring substituents is 1. The van der Waals surface area contributed by atoms with Gasteiger partial charge in [0.2, 0.25) is 0 Å². The first-order valence-electron chi connectivity index (χ1n) is 7.02. The molecule has 1 fully saturated rings. The minimum absolute atomic E-state index is 0.0667. The first-order chi connectivity index (χ1) is 10.1. The molecule has 0 radical (unpaired) electrons. The van der Waals surface area contributed by atoms with Crippen LogP contribution in [0, 0.1) is 10.1 Å². The Morgan fingerprint density at radius 2 is 2.33 bits per heavy atom. The maximum atomic E-state index is 12.4. The van der Waals surface area contributed by atoms with E-state index >= 15 is 0 Å². The monoisotopic (exact) mass is 309 g/mol. The Balaban J connectivity index is 2.21. The molecule has 2 rings (SSSR count). The first kappa shape index (κ1) is 15.6. The summed E-state index contributed by atoms with van der Waals surface area (Å²) in [5.41, 5.74) is 0.920. The third kappa shape index (κ3) is 4.10. The Labute approximate surface area is 127 Å². The van der Waals surface area contributed by atoms with Crippen molar-refractivity contribution in [2.75, 3.05) is 23.4 Å². The van der Waals surface area contributed by atoms with Crippen molar-refractivity contribution in [1.82, 2.24) is 5.32 Å². The van der Waals surface area contributed by atoms with Gasteiger partial charge in [-0.2, -0.15) is 11.8 Å². The van der Waals surface area contributed by atoms with Crippen LogP contribution in [-0.4, -0.2) is 34.9 Å². The zero-order valence-electron chi connectivity index (χ0n) is 11.9. The maximum absolute atomic E-state index is 12.4. The summed E-state index contributed by atoms with van der Waals surface area (Å²) in [5, 5.41) is 17.0. The van der Waals surface area contributed by atoms with Gasteiger partial charge in [0.25, 0.3) is 11.6 Å². The number of benzene rings is 1. The molecule has 0 aromatic heterocycles. The Kier molecular flexibility index (Phi) is 5.44. The lowest BCUT2D eigenvalue weighted by Gasteiger charge is -2.14. The number of carbonyl (C=O) groups excluding carboxylic acids is 1. The molecule has 2 N–H and O–H groups in total. The summed E-state index contributed by atoms with van der Waals surface area (Å²) in [4.78, 5) is 22.8. The Morgan fingerprint density at radius 1 is 1.52 bits per heavy atom. The highest BCUT2D eigenvalue weighted by atomic mass is 32.2. The molecule has 6 nitrogen and oxygen atoms in total. The van der Waals surface area contributed by atoms with Crippen molar-refractivity contribution in [2.45, 2.75) is 25.8 Å². The molecule has 0 aliphatic carbocycles. The summed E-state index contributed by atoms with van der Waals surface area (Å²) in [5.74, 6) is 1.70. The summed E-state index contributed by atoms with van der Waals surface area (Å²) >= 11 is 1.81. The van der Waals surface area contributed by atoms with Crippen LogP contribution in [0.2, 0.25) is 0 Å². The number of carbonyl (C=O) groups is 1. The highest BCUT2D eigenvalue weighted by Crippen LogP contribution is 2.23. The van der Waals surface area contributed by atoms with Crippen molar-refractivity contribution >= 4 is 29.0 Å². The molecule has 1 atom stereocenters. The highest BCUT2D eigenvalue weighted by Gasteiger charge is 2.21. The largest absolute Gasteiger partial charge is 0.384 e. The van der Waals surface area contributed by atoms with E-state index in [1.165, 1.54) is 12.1 Å². The fraction of sp³-hybridized carbons (Fsp3) is 0.500. The van der Waals surface area contributed by atoms with Gasteiger partial charge in [0.1, 0.15) is 0 Å². The van der Waals surface area contributed by atoms with E-state index in [0.29, 0.717) is 11.3 Å². The number of nitro benzene ring substituents is 1. The lowest BCUT2D eigenvalue weighted by Crippen LogP contribution is -2.35. The first-order valence-corrected chi connectivity index (χ1v) is 8.18. The maximum Gasteiger partial charge on any atom is 0.270 e. The van der Waals surface area contributed by atoms with Gasteiger partial charge in [-0.25, -0.2) is 0 Å². The van der Waals surface area contributed by atoms with E-state index in [1.54, 1.807) is 17.8 Å². The lowest BCUT2D eigenvalue weighted by atomic mass is 10.1. The van der Waals surface area contributed by atoms with Crippen molar-refractivity contribution in [1.29, 1.82) is 0 Å². The minimum Gasteiger partial charge on any atom is -0.384 e. The average molecular weight is 309 g/mol. The Bertz CT molecular complexity index is 530. The summed E-state index contributed by atoms with van der Waals surface area (Å²) in [6.45, 7) is 2.74. The number of nitrogens with zero attached hydrogens (tertiary/aromatic N) is 1. The van der Waals surface area contributed by atoms with E-state index in [9.17, 15) is 14.9 Å². The Hall–Kier alpha value is -1.76. The van der Waals surface area contributed by atoms with Crippen molar-refractivity contribution in [3.63, 3.8) is 0 Å². The number of nitro groups is 1. The number of hydrogen-bond acceptors (Lipinski definition) is 5. The van der Waals surface area contributed by atoms with Gasteiger partial charge < -0.3 is 10.6 Å². The van der Waals surface area contributed by atoms with Gasteiger partial charge in [-0.15, -0.1) is 0 Å². The molecule has 1 aromatic carbocycles. The molecule has 1 aliphatic heterocycles. The molecular formula is C14H19N3O3S. The third-order valence-corrected chi connectivity index (χ3v) is 4.45. The van der Waals surface area contributed by atoms with Crippen LogP contribution >= 0.6 is 11.8 Å². The number of hydrogen-bond donors (Lipinski definition) is 2. The van der Waals surface area contributed by atoms with Crippen LogP contribution in [0.1, 0.15) is 30.1 Å². The normalized spacial score (nSPS) is 17.5. The van der Waals surface area contributed by atoms with Gasteiger partial charge in [-0.1, -0.05) is 6.92 Å². The van der Waals surface area contributed by atoms with Crippen LogP contribution in [0.15, 0.2) is 18.2 Å². The van der Waals surface area contributed by atoms with E-state index < -0.39 is 4.92 Å². The van der Waals surface area contributed by atoms with Crippen LogP contribution in [0.3, 0.4) is 0 Å². The number of rotatable bonds is 6. The van der Waals surface area contributed by atoms with E-state index in [0.717, 1.165) is 30.9 Å². The second-order valence-corrected chi connectivity index (χ2v) is 6.10. The Morgan fingerprint density at radius 3 is 2.95 bits per heavy atom. The molecule has 21 heavy (non-hydrogen) atoms. The molecule has 7 heteroatoms. The molecule has 1 aromatic rings. The summed E-state index contributed by atoms with van der Waals surface area (Å²) in [6, 6.07) is 4.52. The standard InChI is InChI=1S/C14H19N3O3S/c1-2-6-15-13-4-3-11(17(19)20)8-12(13)14(18)16-10-5-7-21-9-10/h3-4,8,10,15H,2,5-7,9H2,1H3,(H,16,18). The zero-order valence-corrected chi connectivity index (χ0v) is 12.7. The third-order valence-electron chi connectivity index (χ3n) is 3.29. The zero-order chi connectivity index (χ0) is 15.2. The van der Waals surface area contributed by atoms with Gasteiger partial charge in [0.05, 0.1) is 10.5 Å². The van der Waals surface area contributed by atoms with Crippen LogP contribution in [0.4, 0.5) is 11.4 Å². The molecule has 1 amide bonds. The molecule has 0 spiro atoms. The van der Waals surface area contributed by atoms with Crippen LogP contribution < -0.4 is 10.6 Å². The summed E-state index contributed by atoms with van der Waals surface area (Å²) in [7, 11) is 0. The number of nitrogens with one attached hydrogen (secondary N) is 2. The molecule has 1 heterocycles. The quantitative estimate of drug-likeness (QED) is 0.623. The molecule has 1 aliphatic rings. The van der Waals surface area contributed by atoms with Crippen LogP contribution in [0.25, 0.3) is 0 Å². The topological polar surface area (TPSA) is 84.3 Å². The number of thioether (sulfide) groups is 1. The second-order valence-electron chi connectivity index (χ2n) is 4.95. The van der Waals surface area contributed by atoms with E-state index in [-0.39, 0.29) is 17.6 Å². The summed E-state index contributed by atoms with van der Waals surface area (Å²) in [6.07, 6.45) is 1.86. The van der Waals surface area contributed by atoms with E-state index in [4.69, 9.17) is 0 Å². The fourth-order valence-electron chi connectivity index (χ4n) is 2.16. The molecular weight excluding hydrogens is 290 g/mol. The second kappa shape index (κ2) is 7.31. The lowest BCUT2D eigenvalue weighted by molar-refractivity contribution is -0.384. The van der Waals surface area contributed by atoms with Crippen molar-refractivity contribution in [3.05, 3.63) is 33.9 Å². The van der Waals surface area contributed by atoms with Gasteiger partial charge in [0, 0.05) is 36.2 Å². The minimum atomic E-state index is -0.480. The highest BCUT2D eigenvalue weighted by molar-refractivity contribution is 7.99. The average Bonchev–Trinajstić information content (AvgIpc) is 2.97. The molecule has 114 valence electrons. The van der Waals surface area contributed by atoms with E-state index in [1.807, 2.05) is 6.92 Å². The van der Waals surface area contributed by atoms with Crippen LogP contribution in [-0.2, 0) is 0 Å². The molecule has 0 saturated carbocycles. The SMILES string of the molecule is CCCNc1ccc([N+](=O)[O-])cc1C(=O)NC1CCSC1. The fourth-order valence-corrected chi connectivity index (χ4v) is 3.31.